The Morgan fingerprint density at radius 3 is 2.55 bits per heavy atom. The van der Waals surface area contributed by atoms with E-state index in [1.54, 1.807) is 6.07 Å². The molecule has 0 saturated carbocycles. The van der Waals surface area contributed by atoms with Gasteiger partial charge in [0.25, 0.3) is 0 Å². The number of rotatable bonds is 4. The molecule has 1 nitrogen and oxygen atoms in total. The highest BCUT2D eigenvalue weighted by atomic mass is 127. The van der Waals surface area contributed by atoms with Gasteiger partial charge in [-0.15, -0.1) is 0 Å². The van der Waals surface area contributed by atoms with E-state index < -0.39 is 11.6 Å². The summed E-state index contributed by atoms with van der Waals surface area (Å²) in [5, 5.41) is 3.31. The quantitative estimate of drug-likeness (QED) is 0.643. The van der Waals surface area contributed by atoms with Crippen molar-refractivity contribution in [2.75, 3.05) is 6.54 Å². The van der Waals surface area contributed by atoms with Crippen molar-refractivity contribution in [3.05, 3.63) is 67.2 Å². The summed E-state index contributed by atoms with van der Waals surface area (Å²) in [5.74, 6) is -1.65. The molecule has 0 radical (unpaired) electrons. The van der Waals surface area contributed by atoms with Gasteiger partial charge in [0.15, 0.2) is 11.6 Å². The maximum Gasteiger partial charge on any atom is 0.159 e. The second-order valence-electron chi connectivity index (χ2n) is 4.33. The topological polar surface area (TPSA) is 12.0 Å². The Hall–Kier alpha value is -0.530. The minimum absolute atomic E-state index is 0.181. The Labute approximate surface area is 139 Å². The van der Waals surface area contributed by atoms with Crippen LogP contribution in [-0.2, 0) is 0 Å². The van der Waals surface area contributed by atoms with Crippen molar-refractivity contribution < 1.29 is 8.78 Å². The summed E-state index contributed by atoms with van der Waals surface area (Å²) in [6.07, 6.45) is 0. The fourth-order valence-corrected chi connectivity index (χ4v) is 3.03. The third-order valence-electron chi connectivity index (χ3n) is 2.95. The largest absolute Gasteiger partial charge is 0.306 e. The summed E-state index contributed by atoms with van der Waals surface area (Å²) >= 11 is 5.75. The molecule has 0 spiro atoms. The van der Waals surface area contributed by atoms with Crippen LogP contribution in [0.25, 0.3) is 0 Å². The Morgan fingerprint density at radius 1 is 1.15 bits per heavy atom. The van der Waals surface area contributed by atoms with Crippen LogP contribution in [0.4, 0.5) is 8.78 Å². The molecular formula is C15H13BrF2IN. The summed E-state index contributed by atoms with van der Waals surface area (Å²) in [4.78, 5) is 0. The molecule has 0 aromatic heterocycles. The summed E-state index contributed by atoms with van der Waals surface area (Å²) < 4.78 is 28.6. The molecular weight excluding hydrogens is 439 g/mol. The van der Waals surface area contributed by atoms with Crippen LogP contribution in [0.5, 0.6) is 0 Å². The van der Waals surface area contributed by atoms with Crippen LogP contribution in [0.1, 0.15) is 24.1 Å². The first-order valence-electron chi connectivity index (χ1n) is 6.16. The van der Waals surface area contributed by atoms with Crippen molar-refractivity contribution in [1.29, 1.82) is 0 Å². The second-order valence-corrected chi connectivity index (χ2v) is 6.43. The van der Waals surface area contributed by atoms with Crippen LogP contribution in [0.3, 0.4) is 0 Å². The van der Waals surface area contributed by atoms with E-state index in [2.05, 4.69) is 43.8 Å². The minimum atomic E-state index is -0.828. The zero-order valence-corrected chi connectivity index (χ0v) is 14.5. The molecule has 0 aliphatic rings. The van der Waals surface area contributed by atoms with E-state index in [1.807, 2.05) is 25.1 Å². The van der Waals surface area contributed by atoms with E-state index in [0.717, 1.165) is 26.2 Å². The van der Waals surface area contributed by atoms with Gasteiger partial charge in [-0.1, -0.05) is 28.9 Å². The summed E-state index contributed by atoms with van der Waals surface area (Å²) in [5.41, 5.74) is 1.71. The van der Waals surface area contributed by atoms with Crippen molar-refractivity contribution in [2.24, 2.45) is 0 Å². The Morgan fingerprint density at radius 2 is 1.90 bits per heavy atom. The predicted molar refractivity (Wildman–Crippen MR) is 88.7 cm³/mol. The number of nitrogens with one attached hydrogen (secondary N) is 1. The smallest absolute Gasteiger partial charge is 0.159 e. The van der Waals surface area contributed by atoms with E-state index in [1.165, 1.54) is 6.07 Å². The zero-order chi connectivity index (χ0) is 14.7. The zero-order valence-electron chi connectivity index (χ0n) is 10.8. The molecule has 1 atom stereocenters. The monoisotopic (exact) mass is 451 g/mol. The first-order chi connectivity index (χ1) is 9.52. The predicted octanol–water partition coefficient (Wildman–Crippen LogP) is 5.03. The molecule has 0 fully saturated rings. The molecule has 2 rings (SSSR count). The van der Waals surface area contributed by atoms with Crippen molar-refractivity contribution in [3.63, 3.8) is 0 Å². The number of halogens is 4. The molecule has 1 unspecified atom stereocenters. The second kappa shape index (κ2) is 6.95. The van der Waals surface area contributed by atoms with Crippen LogP contribution in [0, 0.1) is 15.2 Å². The SMILES string of the molecule is CCNC(c1ccc(F)c(F)c1)c1cc(I)ccc1Br. The molecule has 106 valence electrons. The van der Waals surface area contributed by atoms with Gasteiger partial charge in [0.1, 0.15) is 0 Å². The fourth-order valence-electron chi connectivity index (χ4n) is 2.04. The molecule has 2 aromatic carbocycles. The van der Waals surface area contributed by atoms with E-state index in [0.29, 0.717) is 5.56 Å². The molecule has 0 heterocycles. The van der Waals surface area contributed by atoms with Gasteiger partial charge in [-0.25, -0.2) is 8.78 Å². The van der Waals surface area contributed by atoms with E-state index in [-0.39, 0.29) is 6.04 Å². The van der Waals surface area contributed by atoms with Gasteiger partial charge in [0, 0.05) is 8.04 Å². The normalized spacial score (nSPS) is 12.4. The first kappa shape index (κ1) is 15.9. The minimum Gasteiger partial charge on any atom is -0.306 e. The summed E-state index contributed by atoms with van der Waals surface area (Å²) in [6.45, 7) is 2.70. The molecule has 20 heavy (non-hydrogen) atoms. The molecule has 0 amide bonds. The average Bonchev–Trinajstić information content (AvgIpc) is 2.42. The summed E-state index contributed by atoms with van der Waals surface area (Å²) in [6, 6.07) is 9.81. The van der Waals surface area contributed by atoms with Gasteiger partial charge in [-0.2, -0.15) is 0 Å². The standard InChI is InChI=1S/C15H13BrF2IN/c1-2-20-15(9-3-6-13(17)14(18)7-9)11-8-10(19)4-5-12(11)16/h3-8,15,20H,2H2,1H3. The molecule has 5 heteroatoms. The first-order valence-corrected chi connectivity index (χ1v) is 8.03. The fraction of sp³-hybridized carbons (Fsp3) is 0.200. The third-order valence-corrected chi connectivity index (χ3v) is 4.35. The van der Waals surface area contributed by atoms with Gasteiger partial charge < -0.3 is 5.32 Å². The third kappa shape index (κ3) is 3.56. The maximum atomic E-state index is 13.5. The van der Waals surface area contributed by atoms with Gasteiger partial charge in [-0.3, -0.25) is 0 Å². The van der Waals surface area contributed by atoms with Gasteiger partial charge in [0.05, 0.1) is 6.04 Å². The molecule has 0 saturated heterocycles. The van der Waals surface area contributed by atoms with Crippen molar-refractivity contribution in [2.45, 2.75) is 13.0 Å². The van der Waals surface area contributed by atoms with Gasteiger partial charge in [0.2, 0.25) is 0 Å². The van der Waals surface area contributed by atoms with Crippen molar-refractivity contribution in [3.8, 4) is 0 Å². The molecule has 0 aliphatic heterocycles. The molecule has 0 bridgehead atoms. The van der Waals surface area contributed by atoms with Crippen LogP contribution in [-0.4, -0.2) is 6.54 Å². The molecule has 1 N–H and O–H groups in total. The van der Waals surface area contributed by atoms with Crippen LogP contribution in [0.2, 0.25) is 0 Å². The number of benzene rings is 2. The highest BCUT2D eigenvalue weighted by molar-refractivity contribution is 14.1. The lowest BCUT2D eigenvalue weighted by Gasteiger charge is -2.21. The highest BCUT2D eigenvalue weighted by Gasteiger charge is 2.17. The lowest BCUT2D eigenvalue weighted by Crippen LogP contribution is -2.22. The van der Waals surface area contributed by atoms with Crippen LogP contribution < -0.4 is 5.32 Å². The average molecular weight is 452 g/mol. The van der Waals surface area contributed by atoms with E-state index in [4.69, 9.17) is 0 Å². The summed E-state index contributed by atoms with van der Waals surface area (Å²) in [7, 11) is 0. The maximum absolute atomic E-state index is 13.5. The van der Waals surface area contributed by atoms with Crippen LogP contribution in [0.15, 0.2) is 40.9 Å². The Bertz CT molecular complexity index is 619. The Kier molecular flexibility index (Phi) is 5.51. The number of hydrogen-bond acceptors (Lipinski definition) is 1. The highest BCUT2D eigenvalue weighted by Crippen LogP contribution is 2.30. The van der Waals surface area contributed by atoms with Crippen LogP contribution >= 0.6 is 38.5 Å². The van der Waals surface area contributed by atoms with E-state index >= 15 is 0 Å². The molecule has 0 aliphatic carbocycles. The lowest BCUT2D eigenvalue weighted by atomic mass is 9.98. The van der Waals surface area contributed by atoms with E-state index in [9.17, 15) is 8.78 Å². The van der Waals surface area contributed by atoms with Crippen molar-refractivity contribution >= 4 is 38.5 Å². The lowest BCUT2D eigenvalue weighted by molar-refractivity contribution is 0.504. The van der Waals surface area contributed by atoms with Gasteiger partial charge >= 0.3 is 0 Å². The Balaban J connectivity index is 2.49. The van der Waals surface area contributed by atoms with Gasteiger partial charge in [-0.05, 0) is 70.6 Å². The van der Waals surface area contributed by atoms with Crippen molar-refractivity contribution in [1.82, 2.24) is 5.32 Å². The molecule has 2 aromatic rings. The number of hydrogen-bond donors (Lipinski definition) is 1.